The Morgan fingerprint density at radius 2 is 1.93 bits per heavy atom. The Labute approximate surface area is 161 Å². The number of para-hydroxylation sites is 1. The van der Waals surface area contributed by atoms with Gasteiger partial charge in [0.1, 0.15) is 5.82 Å². The summed E-state index contributed by atoms with van der Waals surface area (Å²) in [5, 5.41) is 9.44. The number of hydrogen-bond acceptors (Lipinski definition) is 4. The van der Waals surface area contributed by atoms with Crippen LogP contribution in [0.2, 0.25) is 0 Å². The molecule has 4 aromatic rings. The molecule has 0 N–H and O–H groups in total. The van der Waals surface area contributed by atoms with Crippen molar-refractivity contribution in [1.82, 2.24) is 24.5 Å². The van der Waals surface area contributed by atoms with Crippen molar-refractivity contribution in [1.29, 1.82) is 0 Å². The summed E-state index contributed by atoms with van der Waals surface area (Å²) in [6.07, 6.45) is 3.45. The molecule has 2 aromatic carbocycles. The standard InChI is InChI=1S/C21H20FN5O/c1-2-25(13-16-7-6-8-18(22)11-16)15-27-21(28)20-17(12-23-27)14-26(24-20)19-9-4-3-5-10-19/h3-12,14H,2,13,15H2,1H3. The first-order valence-corrected chi connectivity index (χ1v) is 9.12. The Morgan fingerprint density at radius 3 is 2.68 bits per heavy atom. The molecule has 28 heavy (non-hydrogen) atoms. The minimum absolute atomic E-state index is 0.245. The van der Waals surface area contributed by atoms with Crippen LogP contribution in [-0.4, -0.2) is 31.0 Å². The Morgan fingerprint density at radius 1 is 1.11 bits per heavy atom. The minimum Gasteiger partial charge on any atom is -0.280 e. The molecule has 0 saturated carbocycles. The van der Waals surface area contributed by atoms with E-state index in [1.807, 2.05) is 48.2 Å². The van der Waals surface area contributed by atoms with Crippen LogP contribution in [-0.2, 0) is 13.2 Å². The molecule has 2 aromatic heterocycles. The van der Waals surface area contributed by atoms with Gasteiger partial charge in [-0.1, -0.05) is 37.3 Å². The highest BCUT2D eigenvalue weighted by molar-refractivity contribution is 5.76. The second-order valence-corrected chi connectivity index (χ2v) is 6.58. The zero-order valence-corrected chi connectivity index (χ0v) is 15.5. The van der Waals surface area contributed by atoms with E-state index in [-0.39, 0.29) is 11.4 Å². The number of nitrogens with zero attached hydrogens (tertiary/aromatic N) is 5. The van der Waals surface area contributed by atoms with Crippen molar-refractivity contribution in [3.63, 3.8) is 0 Å². The Balaban J connectivity index is 1.61. The van der Waals surface area contributed by atoms with Gasteiger partial charge in [0.05, 0.1) is 18.6 Å². The number of rotatable bonds is 6. The van der Waals surface area contributed by atoms with Gasteiger partial charge >= 0.3 is 0 Å². The highest BCUT2D eigenvalue weighted by atomic mass is 19.1. The smallest absolute Gasteiger partial charge is 0.280 e. The topological polar surface area (TPSA) is 56.0 Å². The summed E-state index contributed by atoms with van der Waals surface area (Å²) < 4.78 is 16.5. The third kappa shape index (κ3) is 3.70. The fourth-order valence-corrected chi connectivity index (χ4v) is 3.11. The molecular weight excluding hydrogens is 357 g/mol. The van der Waals surface area contributed by atoms with Crippen LogP contribution in [0.1, 0.15) is 12.5 Å². The summed E-state index contributed by atoms with van der Waals surface area (Å²) in [4.78, 5) is 14.9. The molecule has 0 aliphatic heterocycles. The number of fused-ring (bicyclic) bond motifs is 1. The average molecular weight is 377 g/mol. The molecule has 0 aliphatic carbocycles. The molecule has 4 rings (SSSR count). The zero-order valence-electron chi connectivity index (χ0n) is 15.5. The molecule has 0 aliphatic rings. The lowest BCUT2D eigenvalue weighted by molar-refractivity contribution is 0.204. The molecule has 2 heterocycles. The maximum Gasteiger partial charge on any atom is 0.296 e. The van der Waals surface area contributed by atoms with E-state index in [4.69, 9.17) is 0 Å². The number of aromatic nitrogens is 4. The fourth-order valence-electron chi connectivity index (χ4n) is 3.11. The van der Waals surface area contributed by atoms with Gasteiger partial charge in [0.15, 0.2) is 5.52 Å². The molecule has 0 atom stereocenters. The maximum atomic E-state index is 13.4. The third-order valence-electron chi connectivity index (χ3n) is 4.61. The van der Waals surface area contributed by atoms with E-state index in [1.54, 1.807) is 23.1 Å². The SMILES string of the molecule is CCN(Cc1cccc(F)c1)Cn1ncc2cn(-c3ccccc3)nc2c1=O. The predicted molar refractivity (Wildman–Crippen MR) is 106 cm³/mol. The van der Waals surface area contributed by atoms with E-state index in [1.165, 1.54) is 16.8 Å². The molecule has 7 heteroatoms. The summed E-state index contributed by atoms with van der Waals surface area (Å²) in [5.41, 5.74) is 1.86. The van der Waals surface area contributed by atoms with E-state index < -0.39 is 0 Å². The molecular formula is C21H20FN5O. The fraction of sp³-hybridized carbons (Fsp3) is 0.190. The number of benzene rings is 2. The highest BCUT2D eigenvalue weighted by Gasteiger charge is 2.12. The Bertz CT molecular complexity index is 1150. The first-order chi connectivity index (χ1) is 13.6. The van der Waals surface area contributed by atoms with Gasteiger partial charge in [0, 0.05) is 18.1 Å². The molecule has 0 spiro atoms. The van der Waals surface area contributed by atoms with Crippen LogP contribution in [0.5, 0.6) is 0 Å². The lowest BCUT2D eigenvalue weighted by Gasteiger charge is -2.20. The second kappa shape index (κ2) is 7.74. The van der Waals surface area contributed by atoms with E-state index in [0.717, 1.165) is 11.3 Å². The minimum atomic E-state index is -0.267. The molecule has 0 saturated heterocycles. The van der Waals surface area contributed by atoms with Gasteiger partial charge in [-0.25, -0.2) is 13.8 Å². The average Bonchev–Trinajstić information content (AvgIpc) is 3.15. The second-order valence-electron chi connectivity index (χ2n) is 6.58. The van der Waals surface area contributed by atoms with Gasteiger partial charge < -0.3 is 0 Å². The van der Waals surface area contributed by atoms with Gasteiger partial charge in [0.2, 0.25) is 0 Å². The van der Waals surface area contributed by atoms with Crippen molar-refractivity contribution >= 4 is 10.9 Å². The lowest BCUT2D eigenvalue weighted by atomic mass is 10.2. The molecule has 6 nitrogen and oxygen atoms in total. The van der Waals surface area contributed by atoms with Crippen molar-refractivity contribution < 1.29 is 4.39 Å². The van der Waals surface area contributed by atoms with Crippen LogP contribution in [0, 0.1) is 5.82 Å². The normalized spacial score (nSPS) is 11.4. The first kappa shape index (κ1) is 18.1. The van der Waals surface area contributed by atoms with Gasteiger partial charge in [-0.05, 0) is 36.4 Å². The van der Waals surface area contributed by atoms with Crippen LogP contribution < -0.4 is 5.56 Å². The largest absolute Gasteiger partial charge is 0.296 e. The zero-order chi connectivity index (χ0) is 19.5. The van der Waals surface area contributed by atoms with Gasteiger partial charge in [-0.3, -0.25) is 9.69 Å². The molecule has 0 bridgehead atoms. The Kier molecular flexibility index (Phi) is 4.99. The predicted octanol–water partition coefficient (Wildman–Crippen LogP) is 3.20. The molecule has 0 unspecified atom stereocenters. The third-order valence-corrected chi connectivity index (χ3v) is 4.61. The summed E-state index contributed by atoms with van der Waals surface area (Å²) >= 11 is 0. The molecule has 142 valence electrons. The summed E-state index contributed by atoms with van der Waals surface area (Å²) in [5.74, 6) is -0.267. The van der Waals surface area contributed by atoms with Crippen LogP contribution in [0.4, 0.5) is 4.39 Å². The Hall–Kier alpha value is -3.32. The number of halogens is 1. The van der Waals surface area contributed by atoms with E-state index >= 15 is 0 Å². The first-order valence-electron chi connectivity index (χ1n) is 9.12. The van der Waals surface area contributed by atoms with Gasteiger partial charge in [0.25, 0.3) is 5.56 Å². The monoisotopic (exact) mass is 377 g/mol. The molecule has 0 fully saturated rings. The van der Waals surface area contributed by atoms with Crippen molar-refractivity contribution in [2.45, 2.75) is 20.1 Å². The maximum absolute atomic E-state index is 13.4. The van der Waals surface area contributed by atoms with E-state index in [2.05, 4.69) is 10.2 Å². The van der Waals surface area contributed by atoms with Crippen LogP contribution >= 0.6 is 0 Å². The highest BCUT2D eigenvalue weighted by Crippen LogP contribution is 2.12. The molecule has 0 amide bonds. The summed E-state index contributed by atoms with van der Waals surface area (Å²) in [6, 6.07) is 16.1. The summed E-state index contributed by atoms with van der Waals surface area (Å²) in [7, 11) is 0. The van der Waals surface area contributed by atoms with Crippen molar-refractivity contribution in [3.8, 4) is 5.69 Å². The van der Waals surface area contributed by atoms with Gasteiger partial charge in [-0.2, -0.15) is 10.2 Å². The van der Waals surface area contributed by atoms with E-state index in [0.29, 0.717) is 30.7 Å². The summed E-state index contributed by atoms with van der Waals surface area (Å²) in [6.45, 7) is 3.52. The van der Waals surface area contributed by atoms with Crippen molar-refractivity contribution in [3.05, 3.63) is 88.7 Å². The number of hydrogen-bond donors (Lipinski definition) is 0. The quantitative estimate of drug-likeness (QED) is 0.518. The van der Waals surface area contributed by atoms with Crippen molar-refractivity contribution in [2.24, 2.45) is 0 Å². The molecule has 0 radical (unpaired) electrons. The van der Waals surface area contributed by atoms with Crippen LogP contribution in [0.3, 0.4) is 0 Å². The van der Waals surface area contributed by atoms with E-state index in [9.17, 15) is 9.18 Å². The van der Waals surface area contributed by atoms with Crippen LogP contribution in [0.15, 0.2) is 71.8 Å². The van der Waals surface area contributed by atoms with Gasteiger partial charge in [-0.15, -0.1) is 0 Å². The van der Waals surface area contributed by atoms with Crippen molar-refractivity contribution in [2.75, 3.05) is 6.54 Å². The lowest BCUT2D eigenvalue weighted by Crippen LogP contribution is -2.33. The van der Waals surface area contributed by atoms with Crippen LogP contribution in [0.25, 0.3) is 16.6 Å².